The fourth-order valence-corrected chi connectivity index (χ4v) is 7.99. The van der Waals surface area contributed by atoms with Gasteiger partial charge in [-0.25, -0.2) is 0 Å². The predicted molar refractivity (Wildman–Crippen MR) is 89.0 cm³/mol. The molecule has 106 valence electrons. The molecule has 4 bridgehead atoms. The van der Waals surface area contributed by atoms with Crippen molar-refractivity contribution in [2.24, 2.45) is 0 Å². The van der Waals surface area contributed by atoms with E-state index in [1.165, 1.54) is 6.54 Å². The summed E-state index contributed by atoms with van der Waals surface area (Å²) in [5.74, 6) is 0.572. The molecule has 0 spiro atoms. The predicted octanol–water partition coefficient (Wildman–Crippen LogP) is 5.05. The zero-order valence-electron chi connectivity index (χ0n) is 12.5. The normalized spacial score (nSPS) is 32.3. The van der Waals surface area contributed by atoms with Crippen molar-refractivity contribution in [2.75, 3.05) is 6.54 Å². The Hall–Kier alpha value is -1.17. The van der Waals surface area contributed by atoms with Crippen molar-refractivity contribution in [1.82, 2.24) is 4.67 Å². The van der Waals surface area contributed by atoms with Crippen LogP contribution in [-0.4, -0.2) is 17.3 Å². The van der Waals surface area contributed by atoms with Gasteiger partial charge in [-0.2, -0.15) is 0 Å². The topological polar surface area (TPSA) is 3.24 Å². The maximum absolute atomic E-state index is 2.83. The second kappa shape index (κ2) is 4.18. The van der Waals surface area contributed by atoms with Gasteiger partial charge in [-0.3, -0.25) is 4.67 Å². The highest BCUT2D eigenvalue weighted by molar-refractivity contribution is 7.64. The van der Waals surface area contributed by atoms with Crippen molar-refractivity contribution >= 4 is 8.07 Å². The maximum Gasteiger partial charge on any atom is 0.0303 e. The van der Waals surface area contributed by atoms with Crippen LogP contribution in [0, 0.1) is 0 Å². The smallest absolute Gasteiger partial charge is 0.0303 e. The van der Waals surface area contributed by atoms with Crippen LogP contribution in [0.5, 0.6) is 0 Å². The van der Waals surface area contributed by atoms with Crippen molar-refractivity contribution in [3.63, 3.8) is 0 Å². The average molecular weight is 293 g/mol. The summed E-state index contributed by atoms with van der Waals surface area (Å²) in [5, 5.41) is 0. The molecule has 0 radical (unpaired) electrons. The Morgan fingerprint density at radius 1 is 0.857 bits per heavy atom. The minimum atomic E-state index is -0.0162. The first kappa shape index (κ1) is 12.4. The van der Waals surface area contributed by atoms with Gasteiger partial charge in [-0.15, -0.1) is 0 Å². The summed E-state index contributed by atoms with van der Waals surface area (Å²) in [4.78, 5) is 0. The lowest BCUT2D eigenvalue weighted by Crippen LogP contribution is -2.27. The Kier molecular flexibility index (Phi) is 2.47. The van der Waals surface area contributed by atoms with E-state index < -0.39 is 0 Å². The van der Waals surface area contributed by atoms with Crippen molar-refractivity contribution in [2.45, 2.75) is 37.1 Å². The summed E-state index contributed by atoms with van der Waals surface area (Å²) in [7, 11) is -0.0162. The van der Waals surface area contributed by atoms with E-state index in [4.69, 9.17) is 0 Å². The summed E-state index contributed by atoms with van der Waals surface area (Å²) < 4.78 is 2.83. The molecule has 21 heavy (non-hydrogen) atoms. The third-order valence-corrected chi connectivity index (χ3v) is 8.59. The first-order valence-electron chi connectivity index (χ1n) is 8.00. The molecule has 0 amide bonds. The van der Waals surface area contributed by atoms with Gasteiger partial charge in [0, 0.05) is 29.8 Å². The second-order valence-electron chi connectivity index (χ2n) is 6.80. The molecule has 3 aliphatic heterocycles. The quantitative estimate of drug-likeness (QED) is 0.665. The first-order chi connectivity index (χ1) is 10.3. The van der Waals surface area contributed by atoms with Crippen molar-refractivity contribution in [3.8, 4) is 0 Å². The van der Waals surface area contributed by atoms with Gasteiger partial charge < -0.3 is 0 Å². The van der Waals surface area contributed by atoms with Crippen LogP contribution in [0.15, 0.2) is 48.5 Å². The van der Waals surface area contributed by atoms with E-state index in [-0.39, 0.29) is 8.07 Å². The van der Waals surface area contributed by atoms with E-state index >= 15 is 0 Å². The number of nitrogens with zero attached hydrogens (tertiary/aromatic N) is 1. The van der Waals surface area contributed by atoms with Crippen LogP contribution in [-0.2, 0) is 0 Å². The van der Waals surface area contributed by atoms with Crippen LogP contribution in [0.2, 0.25) is 0 Å². The Morgan fingerprint density at radius 3 is 1.81 bits per heavy atom. The van der Waals surface area contributed by atoms with Crippen LogP contribution in [0.4, 0.5) is 0 Å². The molecule has 2 aromatic rings. The summed E-state index contributed by atoms with van der Waals surface area (Å²) in [6.07, 6.45) is 0. The zero-order valence-corrected chi connectivity index (χ0v) is 13.4. The maximum atomic E-state index is 2.83. The highest BCUT2D eigenvalue weighted by Gasteiger charge is 2.60. The third kappa shape index (κ3) is 1.54. The molecule has 1 aliphatic carbocycles. The Labute approximate surface area is 127 Å². The lowest BCUT2D eigenvalue weighted by Gasteiger charge is -2.28. The van der Waals surface area contributed by atoms with Crippen molar-refractivity contribution in [3.05, 3.63) is 70.8 Å². The van der Waals surface area contributed by atoms with Gasteiger partial charge >= 0.3 is 0 Å². The van der Waals surface area contributed by atoms with Crippen LogP contribution in [0.3, 0.4) is 0 Å². The Morgan fingerprint density at radius 2 is 1.33 bits per heavy atom. The fourth-order valence-electron chi connectivity index (χ4n) is 4.48. The molecule has 0 saturated carbocycles. The Balaban J connectivity index is 1.80. The summed E-state index contributed by atoms with van der Waals surface area (Å²) in [6.45, 7) is 5.96. The van der Waals surface area contributed by atoms with Gasteiger partial charge in [-0.05, 0) is 44.2 Å². The second-order valence-corrected chi connectivity index (χ2v) is 9.18. The molecule has 0 N–H and O–H groups in total. The third-order valence-electron chi connectivity index (χ3n) is 5.42. The lowest BCUT2D eigenvalue weighted by molar-refractivity contribution is 0.378. The molecule has 2 aromatic carbocycles. The highest BCUT2D eigenvalue weighted by Crippen LogP contribution is 2.89. The minimum Gasteiger partial charge on any atom is -0.277 e. The van der Waals surface area contributed by atoms with E-state index in [0.29, 0.717) is 12.0 Å². The molecular weight excluding hydrogens is 273 g/mol. The van der Waals surface area contributed by atoms with E-state index in [2.05, 4.69) is 67.0 Å². The van der Waals surface area contributed by atoms with E-state index in [1.54, 1.807) is 22.3 Å². The molecule has 2 heteroatoms. The van der Waals surface area contributed by atoms with Gasteiger partial charge in [0.1, 0.15) is 0 Å². The number of benzene rings is 2. The van der Waals surface area contributed by atoms with Crippen molar-refractivity contribution < 1.29 is 0 Å². The van der Waals surface area contributed by atoms with Crippen LogP contribution in [0.1, 0.15) is 53.3 Å². The summed E-state index contributed by atoms with van der Waals surface area (Å²) in [5.41, 5.74) is 8.08. The van der Waals surface area contributed by atoms with Gasteiger partial charge in [0.15, 0.2) is 0 Å². The van der Waals surface area contributed by atoms with Crippen LogP contribution in [0.25, 0.3) is 0 Å². The van der Waals surface area contributed by atoms with Crippen LogP contribution >= 0.6 is 8.07 Å². The monoisotopic (exact) mass is 293 g/mol. The van der Waals surface area contributed by atoms with E-state index in [1.807, 2.05) is 0 Å². The summed E-state index contributed by atoms with van der Waals surface area (Å²) in [6, 6.07) is 19.2. The number of hydrogen-bond acceptors (Lipinski definition) is 1. The summed E-state index contributed by atoms with van der Waals surface area (Å²) >= 11 is 0. The van der Waals surface area contributed by atoms with Gasteiger partial charge in [0.05, 0.1) is 0 Å². The molecule has 6 rings (SSSR count). The molecule has 4 aliphatic rings. The first-order valence-corrected chi connectivity index (χ1v) is 9.43. The van der Waals surface area contributed by atoms with Gasteiger partial charge in [0.25, 0.3) is 0 Å². The number of rotatable bonds is 1. The van der Waals surface area contributed by atoms with Crippen molar-refractivity contribution in [1.29, 1.82) is 0 Å². The van der Waals surface area contributed by atoms with E-state index in [0.717, 1.165) is 11.3 Å². The molecule has 1 nitrogen and oxygen atoms in total. The molecule has 1 fully saturated rings. The fraction of sp³-hybridized carbons (Fsp3) is 0.368. The minimum absolute atomic E-state index is 0.0162. The molecule has 0 aromatic heterocycles. The zero-order chi connectivity index (χ0) is 14.1. The van der Waals surface area contributed by atoms with Gasteiger partial charge in [-0.1, -0.05) is 48.5 Å². The molecule has 1 saturated heterocycles. The standard InChI is InChI=1S/C19H20NP/c1-12(2)20-11-17-13-7-3-5-9-15(13)18-19(21(18)20)16-10-6-4-8-14(16)17/h3-10,12,17-19H,11H2,1-2H3/t17?,18-,19+,21?. The number of hydrogen-bond donors (Lipinski definition) is 0. The molecule has 3 heterocycles. The Bertz CT molecular complexity index is 670. The number of fused-ring (bicyclic) bond motifs is 1. The lowest BCUT2D eigenvalue weighted by atomic mass is 9.88. The molecule has 2 unspecified atom stereocenters. The SMILES string of the molecule is CC(C)N1CC2c3ccccc3[C@@H]3[C@H](c4ccccc42)P31. The van der Waals surface area contributed by atoms with Crippen LogP contribution < -0.4 is 0 Å². The average Bonchev–Trinajstić information content (AvgIpc) is 3.26. The highest BCUT2D eigenvalue weighted by atomic mass is 31.1. The molecule has 4 atom stereocenters. The molecular formula is C19H20NP. The van der Waals surface area contributed by atoms with Gasteiger partial charge in [0.2, 0.25) is 0 Å². The van der Waals surface area contributed by atoms with E-state index in [9.17, 15) is 0 Å². The largest absolute Gasteiger partial charge is 0.277 e.